The third-order valence-electron chi connectivity index (χ3n) is 2.88. The second-order valence-electron chi connectivity index (χ2n) is 4.27. The second-order valence-corrected chi connectivity index (χ2v) is 4.64. The van der Waals surface area contributed by atoms with Crippen LogP contribution in [0.2, 0.25) is 0 Å². The average molecular weight is 344 g/mol. The van der Waals surface area contributed by atoms with E-state index in [1.165, 1.54) is 18.2 Å². The van der Waals surface area contributed by atoms with E-state index in [1.807, 2.05) is 0 Å². The molecular weight excluding hydrogens is 326 g/mol. The van der Waals surface area contributed by atoms with Crippen LogP contribution in [0.4, 0.5) is 13.2 Å². The fraction of sp³-hybridized carbons (Fsp3) is 0.500. The van der Waals surface area contributed by atoms with Crippen LogP contribution < -0.4 is 0 Å². The zero-order chi connectivity index (χ0) is 15.2. The lowest BCUT2D eigenvalue weighted by molar-refractivity contribution is -0.138. The lowest BCUT2D eigenvalue weighted by Gasteiger charge is -2.22. The summed E-state index contributed by atoms with van der Waals surface area (Å²) in [5.74, 6) is -0.523. The lowest BCUT2D eigenvalue weighted by atomic mass is 9.90. The molecule has 0 fully saturated rings. The van der Waals surface area contributed by atoms with E-state index in [1.54, 1.807) is 6.92 Å². The number of alkyl halides is 4. The highest BCUT2D eigenvalue weighted by atomic mass is 35.5. The summed E-state index contributed by atoms with van der Waals surface area (Å²) in [4.78, 5) is 0. The average Bonchev–Trinajstić information content (AvgIpc) is 2.39. The van der Waals surface area contributed by atoms with E-state index in [-0.39, 0.29) is 30.5 Å². The molecule has 1 unspecified atom stereocenters. The van der Waals surface area contributed by atoms with Gasteiger partial charge in [-0.3, -0.25) is 5.41 Å². The smallest absolute Gasteiger partial charge is 0.416 e. The molecule has 120 valence electrons. The Kier molecular flexibility index (Phi) is 8.74. The van der Waals surface area contributed by atoms with Gasteiger partial charge in [-0.05, 0) is 31.4 Å². The Balaban J connectivity index is 0.00000400. The monoisotopic (exact) mass is 343 g/mol. The molecular formula is C14H18Cl2F3NO. The summed E-state index contributed by atoms with van der Waals surface area (Å²) in [7, 11) is 0. The first-order chi connectivity index (χ1) is 9.41. The summed E-state index contributed by atoms with van der Waals surface area (Å²) in [5, 5.41) is 7.83. The Bertz CT molecular complexity index is 452. The quantitative estimate of drug-likeness (QED) is 0.427. The number of hydrogen-bond donors (Lipinski definition) is 1. The Hall–Kier alpha value is -0.940. The van der Waals surface area contributed by atoms with Gasteiger partial charge in [0.1, 0.15) is 0 Å². The van der Waals surface area contributed by atoms with Crippen molar-refractivity contribution in [1.29, 1.82) is 5.41 Å². The summed E-state index contributed by atoms with van der Waals surface area (Å²) in [6.45, 7) is 1.95. The Morgan fingerprint density at radius 2 is 1.95 bits per heavy atom. The van der Waals surface area contributed by atoms with Crippen LogP contribution in [0, 0.1) is 5.41 Å². The maximum atomic E-state index is 13.0. The van der Waals surface area contributed by atoms with Gasteiger partial charge in [0.05, 0.1) is 18.1 Å². The summed E-state index contributed by atoms with van der Waals surface area (Å²) in [6, 6.07) is 5.31. The van der Waals surface area contributed by atoms with E-state index in [0.717, 1.165) is 6.07 Å². The normalized spacial score (nSPS) is 12.4. The molecule has 0 aliphatic rings. The molecule has 1 aromatic rings. The van der Waals surface area contributed by atoms with Crippen molar-refractivity contribution in [2.75, 3.05) is 12.5 Å². The van der Waals surface area contributed by atoms with Gasteiger partial charge in [-0.25, -0.2) is 0 Å². The molecule has 0 amide bonds. The molecule has 21 heavy (non-hydrogen) atoms. The van der Waals surface area contributed by atoms with Crippen LogP contribution in [0.1, 0.15) is 36.8 Å². The largest absolute Gasteiger partial charge is 0.481 e. The summed E-state index contributed by atoms with van der Waals surface area (Å²) in [5.41, 5.74) is -0.646. The van der Waals surface area contributed by atoms with Crippen molar-refractivity contribution in [3.8, 4) is 0 Å². The fourth-order valence-corrected chi connectivity index (χ4v) is 2.18. The number of nitrogens with one attached hydrogen (secondary N) is 1. The fourth-order valence-electron chi connectivity index (χ4n) is 2.02. The summed E-state index contributed by atoms with van der Waals surface area (Å²) in [6.07, 6.45) is -3.56. The van der Waals surface area contributed by atoms with Gasteiger partial charge in [-0.2, -0.15) is 13.2 Å². The van der Waals surface area contributed by atoms with E-state index in [2.05, 4.69) is 0 Å². The van der Waals surface area contributed by atoms with Crippen LogP contribution in [-0.4, -0.2) is 18.4 Å². The predicted octanol–water partition coefficient (Wildman–Crippen LogP) is 5.24. The summed E-state index contributed by atoms with van der Waals surface area (Å²) < 4.78 is 44.2. The minimum absolute atomic E-state index is 0. The molecule has 1 aromatic carbocycles. The van der Waals surface area contributed by atoms with Gasteiger partial charge < -0.3 is 4.74 Å². The highest BCUT2D eigenvalue weighted by Crippen LogP contribution is 2.37. The van der Waals surface area contributed by atoms with Crippen LogP contribution in [0.15, 0.2) is 24.3 Å². The van der Waals surface area contributed by atoms with E-state index in [4.69, 9.17) is 21.7 Å². The Labute approximate surface area is 133 Å². The number of benzene rings is 1. The van der Waals surface area contributed by atoms with Gasteiger partial charge in [-0.15, -0.1) is 24.0 Å². The van der Waals surface area contributed by atoms with E-state index < -0.39 is 17.7 Å². The van der Waals surface area contributed by atoms with Gasteiger partial charge in [0.2, 0.25) is 0 Å². The molecule has 1 atom stereocenters. The molecule has 1 rings (SSSR count). The zero-order valence-electron chi connectivity index (χ0n) is 11.5. The second kappa shape index (κ2) is 9.15. The van der Waals surface area contributed by atoms with Gasteiger partial charge in [-0.1, -0.05) is 18.2 Å². The molecule has 0 aliphatic carbocycles. The minimum Gasteiger partial charge on any atom is -0.481 e. The molecule has 0 aromatic heterocycles. The number of rotatable bonds is 6. The van der Waals surface area contributed by atoms with Crippen molar-refractivity contribution in [3.05, 3.63) is 35.4 Å². The molecule has 0 saturated carbocycles. The van der Waals surface area contributed by atoms with Crippen LogP contribution in [-0.2, 0) is 10.9 Å². The number of halogens is 5. The third kappa shape index (κ3) is 5.75. The Morgan fingerprint density at radius 3 is 2.48 bits per heavy atom. The van der Waals surface area contributed by atoms with E-state index in [0.29, 0.717) is 18.7 Å². The van der Waals surface area contributed by atoms with Gasteiger partial charge in [0.25, 0.3) is 0 Å². The molecule has 7 heteroatoms. The van der Waals surface area contributed by atoms with Crippen molar-refractivity contribution in [3.63, 3.8) is 0 Å². The molecule has 0 radical (unpaired) electrons. The summed E-state index contributed by atoms with van der Waals surface area (Å²) >= 11 is 5.61. The SMILES string of the molecule is CCOC(=N)C(CCCCl)c1ccccc1C(F)(F)F.Cl. The first kappa shape index (κ1) is 20.1. The number of ether oxygens (including phenoxy) is 1. The molecule has 1 N–H and O–H groups in total. The van der Waals surface area contributed by atoms with Gasteiger partial charge in [0, 0.05) is 5.88 Å². The molecule has 0 saturated heterocycles. The zero-order valence-corrected chi connectivity index (χ0v) is 13.1. The molecule has 0 heterocycles. The van der Waals surface area contributed by atoms with E-state index >= 15 is 0 Å². The van der Waals surface area contributed by atoms with Gasteiger partial charge >= 0.3 is 6.18 Å². The first-order valence-corrected chi connectivity index (χ1v) is 6.88. The molecule has 0 spiro atoms. The third-order valence-corrected chi connectivity index (χ3v) is 3.15. The molecule has 0 bridgehead atoms. The minimum atomic E-state index is -4.44. The van der Waals surface area contributed by atoms with Crippen molar-refractivity contribution in [2.24, 2.45) is 0 Å². The maximum absolute atomic E-state index is 13.0. The maximum Gasteiger partial charge on any atom is 0.416 e. The van der Waals surface area contributed by atoms with Crippen LogP contribution in [0.5, 0.6) is 0 Å². The van der Waals surface area contributed by atoms with Gasteiger partial charge in [0.15, 0.2) is 5.90 Å². The van der Waals surface area contributed by atoms with Crippen molar-refractivity contribution in [1.82, 2.24) is 0 Å². The first-order valence-electron chi connectivity index (χ1n) is 6.35. The molecule has 2 nitrogen and oxygen atoms in total. The topological polar surface area (TPSA) is 33.1 Å². The lowest BCUT2D eigenvalue weighted by Crippen LogP contribution is -2.20. The van der Waals surface area contributed by atoms with Crippen LogP contribution >= 0.6 is 24.0 Å². The van der Waals surface area contributed by atoms with Crippen molar-refractivity contribution < 1.29 is 17.9 Å². The number of hydrogen-bond acceptors (Lipinski definition) is 2. The molecule has 0 aliphatic heterocycles. The van der Waals surface area contributed by atoms with Crippen LogP contribution in [0.3, 0.4) is 0 Å². The standard InChI is InChI=1S/C14H17ClF3NO.ClH/c1-2-20-13(19)11(7-5-9-15)10-6-3-4-8-12(10)14(16,17)18;/h3-4,6,8,11,19H,2,5,7,9H2,1H3;1H. The highest BCUT2D eigenvalue weighted by molar-refractivity contribution is 6.17. The Morgan fingerprint density at radius 1 is 1.33 bits per heavy atom. The highest BCUT2D eigenvalue weighted by Gasteiger charge is 2.36. The predicted molar refractivity (Wildman–Crippen MR) is 80.7 cm³/mol. The van der Waals surface area contributed by atoms with Crippen molar-refractivity contribution in [2.45, 2.75) is 31.9 Å². The van der Waals surface area contributed by atoms with E-state index in [9.17, 15) is 13.2 Å². The van der Waals surface area contributed by atoms with Crippen molar-refractivity contribution >= 4 is 29.9 Å². The van der Waals surface area contributed by atoms with Crippen LogP contribution in [0.25, 0.3) is 0 Å².